The van der Waals surface area contributed by atoms with Crippen LogP contribution in [0, 0.1) is 21.7 Å². The largest absolute Gasteiger partial charge is 0.325 e. The van der Waals surface area contributed by atoms with E-state index < -0.39 is 33.4 Å². The first-order chi connectivity index (χ1) is 16.8. The molecule has 0 aliphatic carbocycles. The van der Waals surface area contributed by atoms with Crippen LogP contribution in [-0.4, -0.2) is 30.8 Å². The summed E-state index contributed by atoms with van der Waals surface area (Å²) in [6, 6.07) is 18.8. The summed E-state index contributed by atoms with van der Waals surface area (Å²) in [5.74, 6) is -1.60. The number of halogens is 2. The van der Waals surface area contributed by atoms with Crippen LogP contribution in [0.15, 0.2) is 78.0 Å². The van der Waals surface area contributed by atoms with Crippen molar-refractivity contribution in [1.29, 1.82) is 0 Å². The second-order valence-electron chi connectivity index (χ2n) is 7.53. The van der Waals surface area contributed by atoms with E-state index in [1.165, 1.54) is 12.1 Å². The molecule has 0 aliphatic rings. The zero-order valence-corrected chi connectivity index (χ0v) is 19.2. The average Bonchev–Trinajstić information content (AvgIpc) is 3.22. The fourth-order valence-corrected chi connectivity index (χ4v) is 4.16. The molecule has 0 aliphatic heterocycles. The minimum absolute atomic E-state index is 0.0911. The number of aromatic nitrogens is 3. The van der Waals surface area contributed by atoms with Gasteiger partial charge in [0, 0.05) is 11.8 Å². The van der Waals surface area contributed by atoms with Crippen molar-refractivity contribution < 1.29 is 18.5 Å². The Bertz CT molecular complexity index is 1380. The summed E-state index contributed by atoms with van der Waals surface area (Å²) in [4.78, 5) is 22.9. The van der Waals surface area contributed by atoms with E-state index in [9.17, 15) is 23.7 Å². The van der Waals surface area contributed by atoms with Crippen LogP contribution >= 0.6 is 11.8 Å². The summed E-state index contributed by atoms with van der Waals surface area (Å²) in [7, 11) is 0. The third-order valence-corrected chi connectivity index (χ3v) is 6.16. The highest BCUT2D eigenvalue weighted by molar-refractivity contribution is 8.00. The smallest absolute Gasteiger partial charge is 0.306 e. The number of rotatable bonds is 8. The number of benzene rings is 3. The number of carbonyl (C=O) groups is 1. The average molecular weight is 496 g/mol. The molecule has 1 atom stereocenters. The third kappa shape index (κ3) is 5.52. The lowest BCUT2D eigenvalue weighted by molar-refractivity contribution is -0.387. The molecule has 0 radical (unpaired) electrons. The number of amides is 1. The van der Waals surface area contributed by atoms with Crippen LogP contribution in [0.2, 0.25) is 0 Å². The molecule has 4 aromatic rings. The lowest BCUT2D eigenvalue weighted by Crippen LogP contribution is -2.23. The van der Waals surface area contributed by atoms with E-state index in [1.54, 1.807) is 29.7 Å². The van der Waals surface area contributed by atoms with Gasteiger partial charge in [-0.25, -0.2) is 4.39 Å². The number of hydrogen-bond acceptors (Lipinski definition) is 6. The van der Waals surface area contributed by atoms with Gasteiger partial charge in [0.25, 0.3) is 0 Å². The van der Waals surface area contributed by atoms with Crippen LogP contribution in [0.3, 0.4) is 0 Å². The van der Waals surface area contributed by atoms with Crippen LogP contribution in [0.4, 0.5) is 20.2 Å². The predicted octanol–water partition coefficient (Wildman–Crippen LogP) is 5.30. The Labute approximate surface area is 203 Å². The summed E-state index contributed by atoms with van der Waals surface area (Å²) in [5.41, 5.74) is 0.564. The molecule has 0 spiro atoms. The van der Waals surface area contributed by atoms with Crippen LogP contribution in [0.1, 0.15) is 12.5 Å². The van der Waals surface area contributed by atoms with Crippen molar-refractivity contribution in [1.82, 2.24) is 14.8 Å². The van der Waals surface area contributed by atoms with Crippen molar-refractivity contribution >= 4 is 29.0 Å². The topological polar surface area (TPSA) is 103 Å². The fourth-order valence-electron chi connectivity index (χ4n) is 3.31. The fraction of sp³-hybridized carbons (Fsp3) is 0.125. The summed E-state index contributed by atoms with van der Waals surface area (Å²) in [5, 5.41) is 21.6. The van der Waals surface area contributed by atoms with E-state index in [-0.39, 0.29) is 11.3 Å². The van der Waals surface area contributed by atoms with Crippen molar-refractivity contribution in [2.75, 3.05) is 5.32 Å². The minimum Gasteiger partial charge on any atom is -0.325 e. The minimum atomic E-state index is -0.995. The highest BCUT2D eigenvalue weighted by Crippen LogP contribution is 2.30. The maximum Gasteiger partial charge on any atom is 0.306 e. The molecule has 1 N–H and O–H groups in total. The number of nitrogens with zero attached hydrogens (tertiary/aromatic N) is 4. The van der Waals surface area contributed by atoms with Crippen LogP contribution in [0.25, 0.3) is 11.4 Å². The lowest BCUT2D eigenvalue weighted by Gasteiger charge is -2.14. The Hall–Kier alpha value is -4.12. The first-order valence-corrected chi connectivity index (χ1v) is 11.3. The van der Waals surface area contributed by atoms with Crippen molar-refractivity contribution in [3.8, 4) is 11.4 Å². The van der Waals surface area contributed by atoms with Gasteiger partial charge < -0.3 is 5.32 Å². The molecule has 1 unspecified atom stereocenters. The van der Waals surface area contributed by atoms with Crippen LogP contribution in [-0.2, 0) is 11.3 Å². The molecule has 3 aromatic carbocycles. The Kier molecular flexibility index (Phi) is 7.16. The molecule has 4 rings (SSSR count). The Morgan fingerprint density at radius 3 is 2.49 bits per heavy atom. The predicted molar refractivity (Wildman–Crippen MR) is 128 cm³/mol. The monoisotopic (exact) mass is 495 g/mol. The Morgan fingerprint density at radius 1 is 1.06 bits per heavy atom. The molecule has 1 amide bonds. The molecule has 0 bridgehead atoms. The van der Waals surface area contributed by atoms with Crippen molar-refractivity contribution in [3.63, 3.8) is 0 Å². The van der Waals surface area contributed by atoms with Gasteiger partial charge >= 0.3 is 5.69 Å². The molecule has 1 heterocycles. The van der Waals surface area contributed by atoms with E-state index in [0.29, 0.717) is 17.5 Å². The SMILES string of the molecule is CC(Sc1nnc(-c2ccccc2F)n1Cc1ccccc1)C(=O)Nc1ccc(F)c([N+](=O)[O-])c1. The highest BCUT2D eigenvalue weighted by Gasteiger charge is 2.23. The van der Waals surface area contributed by atoms with Gasteiger partial charge in [0.15, 0.2) is 11.0 Å². The standard InChI is InChI=1S/C24H19F2N5O3S/c1-15(23(32)27-17-11-12-20(26)21(13-17)31(33)34)35-24-29-28-22(18-9-5-6-10-19(18)25)30(24)14-16-7-3-2-4-8-16/h2-13,15H,14H2,1H3,(H,27,32). The van der Waals surface area contributed by atoms with Crippen LogP contribution in [0.5, 0.6) is 0 Å². The zero-order chi connectivity index (χ0) is 24.9. The van der Waals surface area contributed by atoms with Gasteiger partial charge in [-0.1, -0.05) is 54.2 Å². The highest BCUT2D eigenvalue weighted by atomic mass is 32.2. The van der Waals surface area contributed by atoms with Gasteiger partial charge in [0.2, 0.25) is 11.7 Å². The van der Waals surface area contributed by atoms with Crippen molar-refractivity contribution in [2.24, 2.45) is 0 Å². The van der Waals surface area contributed by atoms with Crippen LogP contribution < -0.4 is 5.32 Å². The van der Waals surface area contributed by atoms with Gasteiger partial charge in [-0.3, -0.25) is 19.5 Å². The number of nitrogens with one attached hydrogen (secondary N) is 1. The molecule has 11 heteroatoms. The number of hydrogen-bond donors (Lipinski definition) is 1. The summed E-state index contributed by atoms with van der Waals surface area (Å²) < 4.78 is 29.8. The molecular weight excluding hydrogens is 476 g/mol. The van der Waals surface area contributed by atoms with Gasteiger partial charge in [-0.15, -0.1) is 10.2 Å². The maximum absolute atomic E-state index is 14.5. The first kappa shape index (κ1) is 24.0. The number of nitro groups is 1. The van der Waals surface area contributed by atoms with Gasteiger partial charge in [-0.05, 0) is 36.8 Å². The second kappa shape index (κ2) is 10.4. The van der Waals surface area contributed by atoms with Gasteiger partial charge in [0.05, 0.1) is 22.3 Å². The molecule has 178 valence electrons. The molecule has 1 aromatic heterocycles. The maximum atomic E-state index is 14.5. The summed E-state index contributed by atoms with van der Waals surface area (Å²) in [6.45, 7) is 1.97. The lowest BCUT2D eigenvalue weighted by atomic mass is 10.2. The Morgan fingerprint density at radius 2 is 1.77 bits per heavy atom. The summed E-state index contributed by atoms with van der Waals surface area (Å²) >= 11 is 1.10. The third-order valence-electron chi connectivity index (χ3n) is 5.08. The van der Waals surface area contributed by atoms with Gasteiger partial charge in [-0.2, -0.15) is 4.39 Å². The molecular formula is C24H19F2N5O3S. The van der Waals surface area contributed by atoms with E-state index in [0.717, 1.165) is 29.5 Å². The normalized spacial score (nSPS) is 11.7. The second-order valence-corrected chi connectivity index (χ2v) is 8.84. The number of nitro benzene ring substituents is 1. The molecule has 0 saturated heterocycles. The molecule has 0 saturated carbocycles. The first-order valence-electron chi connectivity index (χ1n) is 10.5. The van der Waals surface area contributed by atoms with E-state index in [4.69, 9.17) is 0 Å². The molecule has 35 heavy (non-hydrogen) atoms. The molecule has 8 nitrogen and oxygen atoms in total. The van der Waals surface area contributed by atoms with E-state index in [2.05, 4.69) is 15.5 Å². The van der Waals surface area contributed by atoms with Gasteiger partial charge in [0.1, 0.15) is 5.82 Å². The summed E-state index contributed by atoms with van der Waals surface area (Å²) in [6.07, 6.45) is 0. The Balaban J connectivity index is 1.59. The van der Waals surface area contributed by atoms with Crippen molar-refractivity contribution in [3.05, 3.63) is 100 Å². The number of anilines is 1. The van der Waals surface area contributed by atoms with E-state index in [1.807, 2.05) is 30.3 Å². The number of carbonyl (C=O) groups excluding carboxylic acids is 1. The van der Waals surface area contributed by atoms with E-state index >= 15 is 0 Å². The van der Waals surface area contributed by atoms with Crippen molar-refractivity contribution in [2.45, 2.75) is 23.9 Å². The number of thioether (sulfide) groups is 1. The zero-order valence-electron chi connectivity index (χ0n) is 18.4. The quantitative estimate of drug-likeness (QED) is 0.202. The molecule has 0 fully saturated rings.